The number of rotatable bonds is 4. The first-order valence-corrected chi connectivity index (χ1v) is 5.66. The van der Waals surface area contributed by atoms with Crippen LogP contribution in [0.1, 0.15) is 32.2 Å². The van der Waals surface area contributed by atoms with Crippen molar-refractivity contribution in [1.29, 1.82) is 0 Å². The second-order valence-electron chi connectivity index (χ2n) is 5.01. The predicted octanol–water partition coefficient (Wildman–Crippen LogP) is 1.05. The molecule has 17 heavy (non-hydrogen) atoms. The van der Waals surface area contributed by atoms with E-state index in [1.807, 2.05) is 16.9 Å². The van der Waals surface area contributed by atoms with E-state index in [0.717, 1.165) is 17.9 Å². The normalized spacial score (nSPS) is 11.9. The molecule has 0 amide bonds. The summed E-state index contributed by atoms with van der Waals surface area (Å²) in [6.07, 6.45) is 3.72. The molecule has 92 valence electrons. The van der Waals surface area contributed by atoms with Crippen molar-refractivity contribution >= 4 is 0 Å². The number of aromatic nitrogens is 5. The Labute approximate surface area is 100 Å². The lowest BCUT2D eigenvalue weighted by molar-refractivity contribution is 0.347. The van der Waals surface area contributed by atoms with Crippen LogP contribution in [0.3, 0.4) is 0 Å². The SMILES string of the molecule is CC(C)(C)n1cc(CNCc2ccn[nH]2)nn1. The lowest BCUT2D eigenvalue weighted by Crippen LogP contribution is -2.22. The lowest BCUT2D eigenvalue weighted by atomic mass is 10.1. The molecule has 0 radical (unpaired) electrons. The minimum atomic E-state index is -0.0192. The van der Waals surface area contributed by atoms with E-state index in [2.05, 4.69) is 46.6 Å². The van der Waals surface area contributed by atoms with Gasteiger partial charge in [0.1, 0.15) is 0 Å². The molecule has 0 unspecified atom stereocenters. The highest BCUT2D eigenvalue weighted by Crippen LogP contribution is 2.11. The van der Waals surface area contributed by atoms with Crippen LogP contribution in [0, 0.1) is 0 Å². The highest BCUT2D eigenvalue weighted by molar-refractivity contribution is 4.98. The van der Waals surface area contributed by atoms with Gasteiger partial charge < -0.3 is 5.32 Å². The molecule has 0 aliphatic heterocycles. The first kappa shape index (κ1) is 11.8. The molecule has 2 N–H and O–H groups in total. The van der Waals surface area contributed by atoms with Gasteiger partial charge in [0.25, 0.3) is 0 Å². The first-order valence-electron chi connectivity index (χ1n) is 5.66. The van der Waals surface area contributed by atoms with E-state index in [-0.39, 0.29) is 5.54 Å². The van der Waals surface area contributed by atoms with E-state index in [0.29, 0.717) is 6.54 Å². The third-order valence-electron chi connectivity index (χ3n) is 2.41. The second kappa shape index (κ2) is 4.67. The predicted molar refractivity (Wildman–Crippen MR) is 64.1 cm³/mol. The molecule has 0 fully saturated rings. The molecule has 0 aromatic carbocycles. The maximum absolute atomic E-state index is 4.13. The molecule has 0 aliphatic rings. The van der Waals surface area contributed by atoms with Gasteiger partial charge in [0.05, 0.1) is 17.4 Å². The van der Waals surface area contributed by atoms with Crippen LogP contribution >= 0.6 is 0 Å². The van der Waals surface area contributed by atoms with Crippen LogP contribution in [-0.4, -0.2) is 25.2 Å². The molecule has 0 atom stereocenters. The standard InChI is InChI=1S/C11H18N6/c1-11(2,3)17-8-10(15-16-17)7-12-6-9-4-5-13-14-9/h4-5,8,12H,6-7H2,1-3H3,(H,13,14). The highest BCUT2D eigenvalue weighted by atomic mass is 15.4. The molecule has 6 heteroatoms. The average Bonchev–Trinajstić information content (AvgIpc) is 2.86. The Morgan fingerprint density at radius 2 is 2.18 bits per heavy atom. The minimum absolute atomic E-state index is 0.0192. The molecule has 0 saturated heterocycles. The van der Waals surface area contributed by atoms with Gasteiger partial charge in [-0.1, -0.05) is 5.21 Å². The monoisotopic (exact) mass is 234 g/mol. The summed E-state index contributed by atoms with van der Waals surface area (Å²) in [5.74, 6) is 0. The maximum Gasteiger partial charge on any atom is 0.0965 e. The third kappa shape index (κ3) is 3.13. The molecule has 2 heterocycles. The molecule has 0 bridgehead atoms. The number of hydrogen-bond donors (Lipinski definition) is 2. The Bertz CT molecular complexity index is 451. The Morgan fingerprint density at radius 3 is 2.76 bits per heavy atom. The van der Waals surface area contributed by atoms with E-state index in [1.54, 1.807) is 6.20 Å². The molecule has 2 rings (SSSR count). The van der Waals surface area contributed by atoms with Gasteiger partial charge in [-0.15, -0.1) is 5.10 Å². The zero-order valence-corrected chi connectivity index (χ0v) is 10.4. The zero-order chi connectivity index (χ0) is 12.3. The smallest absolute Gasteiger partial charge is 0.0965 e. The average molecular weight is 234 g/mol. The van der Waals surface area contributed by atoms with Crippen LogP contribution in [0.2, 0.25) is 0 Å². The van der Waals surface area contributed by atoms with Gasteiger partial charge in [-0.2, -0.15) is 5.10 Å². The van der Waals surface area contributed by atoms with E-state index in [9.17, 15) is 0 Å². The number of nitrogens with zero attached hydrogens (tertiary/aromatic N) is 4. The quantitative estimate of drug-likeness (QED) is 0.829. The van der Waals surface area contributed by atoms with Crippen LogP contribution in [0.15, 0.2) is 18.5 Å². The van der Waals surface area contributed by atoms with Gasteiger partial charge in [0.15, 0.2) is 0 Å². The van der Waals surface area contributed by atoms with Gasteiger partial charge in [-0.25, -0.2) is 4.68 Å². The largest absolute Gasteiger partial charge is 0.305 e. The van der Waals surface area contributed by atoms with E-state index in [4.69, 9.17) is 0 Å². The van der Waals surface area contributed by atoms with Gasteiger partial charge in [-0.3, -0.25) is 5.10 Å². The van der Waals surface area contributed by atoms with Crippen LogP contribution in [-0.2, 0) is 18.6 Å². The summed E-state index contributed by atoms with van der Waals surface area (Å²) in [7, 11) is 0. The van der Waals surface area contributed by atoms with Gasteiger partial charge in [0.2, 0.25) is 0 Å². The van der Waals surface area contributed by atoms with Crippen molar-refractivity contribution in [2.45, 2.75) is 39.4 Å². The van der Waals surface area contributed by atoms with Gasteiger partial charge in [0, 0.05) is 25.0 Å². The van der Waals surface area contributed by atoms with Crippen molar-refractivity contribution in [2.75, 3.05) is 0 Å². The zero-order valence-electron chi connectivity index (χ0n) is 10.4. The van der Waals surface area contributed by atoms with Crippen molar-refractivity contribution in [2.24, 2.45) is 0 Å². The van der Waals surface area contributed by atoms with Crippen molar-refractivity contribution in [3.8, 4) is 0 Å². The molecular formula is C11H18N6. The fourth-order valence-corrected chi connectivity index (χ4v) is 1.42. The van der Waals surface area contributed by atoms with Crippen LogP contribution in [0.25, 0.3) is 0 Å². The number of nitrogens with one attached hydrogen (secondary N) is 2. The fraction of sp³-hybridized carbons (Fsp3) is 0.545. The van der Waals surface area contributed by atoms with Crippen molar-refractivity contribution in [3.63, 3.8) is 0 Å². The van der Waals surface area contributed by atoms with E-state index in [1.165, 1.54) is 0 Å². The number of aromatic amines is 1. The first-order chi connectivity index (χ1) is 8.05. The van der Waals surface area contributed by atoms with Crippen LogP contribution in [0.5, 0.6) is 0 Å². The molecule has 0 saturated carbocycles. The van der Waals surface area contributed by atoms with Gasteiger partial charge in [-0.05, 0) is 26.8 Å². The number of H-pyrrole nitrogens is 1. The molecule has 2 aromatic heterocycles. The van der Waals surface area contributed by atoms with Crippen LogP contribution in [0.4, 0.5) is 0 Å². The lowest BCUT2D eigenvalue weighted by Gasteiger charge is -2.17. The van der Waals surface area contributed by atoms with E-state index >= 15 is 0 Å². The summed E-state index contributed by atoms with van der Waals surface area (Å²) in [6.45, 7) is 7.76. The van der Waals surface area contributed by atoms with Crippen molar-refractivity contribution in [3.05, 3.63) is 29.8 Å². The van der Waals surface area contributed by atoms with Gasteiger partial charge >= 0.3 is 0 Å². The molecule has 0 aliphatic carbocycles. The second-order valence-corrected chi connectivity index (χ2v) is 5.01. The molecule has 2 aromatic rings. The summed E-state index contributed by atoms with van der Waals surface area (Å²) in [5.41, 5.74) is 1.99. The molecule has 0 spiro atoms. The summed E-state index contributed by atoms with van der Waals surface area (Å²) in [6, 6.07) is 1.94. The Kier molecular flexibility index (Phi) is 3.23. The van der Waals surface area contributed by atoms with E-state index < -0.39 is 0 Å². The topological polar surface area (TPSA) is 71.4 Å². The Balaban J connectivity index is 1.85. The molecule has 6 nitrogen and oxygen atoms in total. The van der Waals surface area contributed by atoms with Crippen molar-refractivity contribution < 1.29 is 0 Å². The Morgan fingerprint density at radius 1 is 1.35 bits per heavy atom. The van der Waals surface area contributed by atoms with Crippen LogP contribution < -0.4 is 5.32 Å². The summed E-state index contributed by atoms with van der Waals surface area (Å²) in [4.78, 5) is 0. The molecular weight excluding hydrogens is 216 g/mol. The third-order valence-corrected chi connectivity index (χ3v) is 2.41. The summed E-state index contributed by atoms with van der Waals surface area (Å²) >= 11 is 0. The minimum Gasteiger partial charge on any atom is -0.305 e. The summed E-state index contributed by atoms with van der Waals surface area (Å²) in [5, 5.41) is 18.3. The van der Waals surface area contributed by atoms with Crippen molar-refractivity contribution in [1.82, 2.24) is 30.5 Å². The maximum atomic E-state index is 4.13. The number of hydrogen-bond acceptors (Lipinski definition) is 4. The Hall–Kier alpha value is -1.69. The summed E-state index contributed by atoms with van der Waals surface area (Å²) < 4.78 is 1.88. The highest BCUT2D eigenvalue weighted by Gasteiger charge is 2.14. The fourth-order valence-electron chi connectivity index (χ4n) is 1.42.